The van der Waals surface area contributed by atoms with Gasteiger partial charge in [-0.05, 0) is 42.3 Å². The van der Waals surface area contributed by atoms with E-state index >= 15 is 0 Å². The number of anilines is 2. The lowest BCUT2D eigenvalue weighted by Gasteiger charge is -2.38. The molecule has 0 aliphatic carbocycles. The van der Waals surface area contributed by atoms with Gasteiger partial charge in [0, 0.05) is 18.4 Å². The van der Waals surface area contributed by atoms with Gasteiger partial charge in [0.1, 0.15) is 12.0 Å². The molecule has 0 radical (unpaired) electrons. The Bertz CT molecular complexity index is 974. The zero-order chi connectivity index (χ0) is 18.8. The summed E-state index contributed by atoms with van der Waals surface area (Å²) < 4.78 is 14.6. The van der Waals surface area contributed by atoms with Gasteiger partial charge in [-0.2, -0.15) is 0 Å². The molecule has 3 aromatic carbocycles. The summed E-state index contributed by atoms with van der Waals surface area (Å²) in [5.74, 6) is -0.476. The molecule has 0 saturated carbocycles. The maximum atomic E-state index is 14.6. The SMILES string of the molecule is CCCc1ccc(N2C(=O)c3ccccc3NC2c2ccccc2F)cc1.[HH]. The van der Waals surface area contributed by atoms with Crippen molar-refractivity contribution in [3.05, 3.63) is 95.3 Å². The van der Waals surface area contributed by atoms with E-state index in [9.17, 15) is 9.18 Å². The lowest BCUT2D eigenvalue weighted by molar-refractivity contribution is 0.0974. The normalized spacial score (nSPS) is 16.0. The number of aryl methyl sites for hydroxylation is 1. The Kier molecular flexibility index (Phi) is 4.63. The zero-order valence-corrected chi connectivity index (χ0v) is 15.2. The molecule has 1 N–H and O–H groups in total. The number of carbonyl (C=O) groups is 1. The summed E-state index contributed by atoms with van der Waals surface area (Å²) in [5.41, 5.74) is 3.71. The Morgan fingerprint density at radius 1 is 1.00 bits per heavy atom. The second-order valence-corrected chi connectivity index (χ2v) is 6.71. The molecular weight excluding hydrogens is 339 g/mol. The van der Waals surface area contributed by atoms with E-state index in [1.165, 1.54) is 11.6 Å². The van der Waals surface area contributed by atoms with Gasteiger partial charge in [0.2, 0.25) is 0 Å². The number of para-hydroxylation sites is 1. The van der Waals surface area contributed by atoms with Crippen LogP contribution in [0.5, 0.6) is 0 Å². The van der Waals surface area contributed by atoms with Crippen molar-refractivity contribution in [2.45, 2.75) is 25.9 Å². The minimum atomic E-state index is -0.606. The molecule has 1 unspecified atom stereocenters. The van der Waals surface area contributed by atoms with Crippen LogP contribution in [0.15, 0.2) is 72.8 Å². The maximum Gasteiger partial charge on any atom is 0.262 e. The largest absolute Gasteiger partial charge is 0.360 e. The molecule has 4 rings (SSSR count). The van der Waals surface area contributed by atoms with Crippen molar-refractivity contribution in [1.29, 1.82) is 0 Å². The smallest absolute Gasteiger partial charge is 0.262 e. The van der Waals surface area contributed by atoms with Crippen LogP contribution in [0.4, 0.5) is 15.8 Å². The monoisotopic (exact) mass is 362 g/mol. The van der Waals surface area contributed by atoms with Gasteiger partial charge in [0.25, 0.3) is 5.91 Å². The van der Waals surface area contributed by atoms with E-state index in [2.05, 4.69) is 12.2 Å². The number of amides is 1. The molecule has 4 heteroatoms. The van der Waals surface area contributed by atoms with Crippen molar-refractivity contribution in [3.8, 4) is 0 Å². The highest BCUT2D eigenvalue weighted by Gasteiger charge is 2.35. The second kappa shape index (κ2) is 7.23. The lowest BCUT2D eigenvalue weighted by atomic mass is 10.0. The molecule has 1 heterocycles. The molecule has 3 nitrogen and oxygen atoms in total. The van der Waals surface area contributed by atoms with Crippen LogP contribution in [0, 0.1) is 5.82 Å². The number of benzene rings is 3. The molecule has 0 fully saturated rings. The van der Waals surface area contributed by atoms with Crippen LogP contribution in [0.2, 0.25) is 0 Å². The summed E-state index contributed by atoms with van der Waals surface area (Å²) in [6, 6.07) is 21.9. The van der Waals surface area contributed by atoms with Crippen molar-refractivity contribution < 1.29 is 10.6 Å². The quantitative estimate of drug-likeness (QED) is 0.636. The van der Waals surface area contributed by atoms with Crippen molar-refractivity contribution in [1.82, 2.24) is 0 Å². The van der Waals surface area contributed by atoms with Crippen molar-refractivity contribution >= 4 is 17.3 Å². The molecule has 0 bridgehead atoms. The van der Waals surface area contributed by atoms with Gasteiger partial charge in [0.05, 0.1) is 5.56 Å². The number of halogens is 1. The number of nitrogens with one attached hydrogen (secondary N) is 1. The molecule has 1 atom stereocenters. The van der Waals surface area contributed by atoms with Gasteiger partial charge >= 0.3 is 0 Å². The summed E-state index contributed by atoms with van der Waals surface area (Å²) in [6.45, 7) is 2.14. The number of carbonyl (C=O) groups excluding carboxylic acids is 1. The first-order valence-electron chi connectivity index (χ1n) is 9.21. The third-order valence-corrected chi connectivity index (χ3v) is 4.88. The van der Waals surface area contributed by atoms with E-state index < -0.39 is 6.17 Å². The fraction of sp³-hybridized carbons (Fsp3) is 0.174. The summed E-state index contributed by atoms with van der Waals surface area (Å²) >= 11 is 0. The number of hydrogen-bond acceptors (Lipinski definition) is 2. The van der Waals surface area contributed by atoms with Gasteiger partial charge < -0.3 is 5.32 Å². The van der Waals surface area contributed by atoms with Gasteiger partial charge in [-0.25, -0.2) is 4.39 Å². The maximum absolute atomic E-state index is 14.6. The third-order valence-electron chi connectivity index (χ3n) is 4.88. The van der Waals surface area contributed by atoms with E-state index in [0.717, 1.165) is 24.2 Å². The molecule has 1 aliphatic rings. The number of fused-ring (bicyclic) bond motifs is 1. The average molecular weight is 362 g/mol. The Morgan fingerprint density at radius 3 is 2.44 bits per heavy atom. The predicted molar refractivity (Wildman–Crippen MR) is 109 cm³/mol. The first-order valence-corrected chi connectivity index (χ1v) is 9.21. The van der Waals surface area contributed by atoms with Crippen molar-refractivity contribution in [2.24, 2.45) is 0 Å². The first kappa shape index (κ1) is 17.3. The molecule has 1 aliphatic heterocycles. The van der Waals surface area contributed by atoms with Crippen molar-refractivity contribution in [2.75, 3.05) is 10.2 Å². The van der Waals surface area contributed by atoms with Gasteiger partial charge in [-0.15, -0.1) is 0 Å². The van der Waals surface area contributed by atoms with E-state index in [4.69, 9.17) is 0 Å². The minimum absolute atomic E-state index is 0. The molecule has 138 valence electrons. The van der Waals surface area contributed by atoms with Crippen LogP contribution >= 0.6 is 0 Å². The Balaban J connectivity index is 0.00000225. The standard InChI is InChI=1S/C23H21FN2O.H2/c1-2-7-16-12-14-17(15-13-16)26-22(18-8-3-5-10-20(18)24)25-21-11-6-4-9-19(21)23(26)27;/h3-6,8-15,22,25H,2,7H2,1H3;1H. The molecule has 0 spiro atoms. The van der Waals surface area contributed by atoms with Gasteiger partial charge in [-0.3, -0.25) is 9.69 Å². The Hall–Kier alpha value is -3.14. The summed E-state index contributed by atoms with van der Waals surface area (Å²) in [5, 5.41) is 3.34. The fourth-order valence-corrected chi connectivity index (χ4v) is 3.55. The topological polar surface area (TPSA) is 32.3 Å². The van der Waals surface area contributed by atoms with Crippen LogP contribution < -0.4 is 10.2 Å². The molecule has 3 aromatic rings. The Labute approximate surface area is 159 Å². The summed E-state index contributed by atoms with van der Waals surface area (Å²) in [6.07, 6.45) is 1.45. The number of rotatable bonds is 4. The van der Waals surface area contributed by atoms with E-state index in [0.29, 0.717) is 11.1 Å². The third kappa shape index (κ3) is 3.19. The van der Waals surface area contributed by atoms with Crippen LogP contribution in [-0.4, -0.2) is 5.91 Å². The van der Waals surface area contributed by atoms with Crippen LogP contribution in [0.1, 0.15) is 42.4 Å². The van der Waals surface area contributed by atoms with E-state index in [-0.39, 0.29) is 13.2 Å². The van der Waals surface area contributed by atoms with Crippen molar-refractivity contribution in [3.63, 3.8) is 0 Å². The zero-order valence-electron chi connectivity index (χ0n) is 15.2. The highest BCUT2D eigenvalue weighted by molar-refractivity contribution is 6.12. The Morgan fingerprint density at radius 2 is 1.70 bits per heavy atom. The van der Waals surface area contributed by atoms with E-state index in [1.54, 1.807) is 29.2 Å². The lowest BCUT2D eigenvalue weighted by Crippen LogP contribution is -2.43. The average Bonchev–Trinajstić information content (AvgIpc) is 2.69. The molecule has 0 saturated heterocycles. The number of hydrogen-bond donors (Lipinski definition) is 1. The van der Waals surface area contributed by atoms with Crippen LogP contribution in [0.25, 0.3) is 0 Å². The molecule has 0 aromatic heterocycles. The fourth-order valence-electron chi connectivity index (χ4n) is 3.55. The van der Waals surface area contributed by atoms with E-state index in [1.807, 2.05) is 42.5 Å². The van der Waals surface area contributed by atoms with Gasteiger partial charge in [-0.1, -0.05) is 55.8 Å². The molecule has 27 heavy (non-hydrogen) atoms. The van der Waals surface area contributed by atoms with Gasteiger partial charge in [0.15, 0.2) is 0 Å². The summed E-state index contributed by atoms with van der Waals surface area (Å²) in [4.78, 5) is 14.9. The highest BCUT2D eigenvalue weighted by Crippen LogP contribution is 2.37. The first-order chi connectivity index (χ1) is 13.2. The van der Waals surface area contributed by atoms with Crippen LogP contribution in [0.3, 0.4) is 0 Å². The minimum Gasteiger partial charge on any atom is -0.360 e. The molecule has 1 amide bonds. The predicted octanol–water partition coefficient (Wildman–Crippen LogP) is 5.80. The number of nitrogens with zero attached hydrogens (tertiary/aromatic N) is 1. The van der Waals surface area contributed by atoms with Crippen LogP contribution in [-0.2, 0) is 6.42 Å². The molecular formula is C23H23FN2O. The highest BCUT2D eigenvalue weighted by atomic mass is 19.1. The second-order valence-electron chi connectivity index (χ2n) is 6.71. The summed E-state index contributed by atoms with van der Waals surface area (Å²) in [7, 11) is 0.